The summed E-state index contributed by atoms with van der Waals surface area (Å²) in [5.41, 5.74) is 0.800. The molecule has 7 nitrogen and oxygen atoms in total. The van der Waals surface area contributed by atoms with E-state index in [2.05, 4.69) is 15.4 Å². The molecule has 1 saturated carbocycles. The third kappa shape index (κ3) is 5.64. The molecule has 2 aromatic carbocycles. The SMILES string of the molecule is O=C(NCCNC(=O)c1cccc(S(=O)(=O)NCC2CC2)c1)c1ccccc1. The number of nitrogens with one attached hydrogen (secondary N) is 3. The van der Waals surface area contributed by atoms with Crippen LogP contribution in [0.1, 0.15) is 33.6 Å². The van der Waals surface area contributed by atoms with Crippen molar-refractivity contribution in [3.05, 3.63) is 65.7 Å². The third-order valence-corrected chi connectivity index (χ3v) is 5.82. The van der Waals surface area contributed by atoms with Gasteiger partial charge in [-0.1, -0.05) is 24.3 Å². The summed E-state index contributed by atoms with van der Waals surface area (Å²) in [6.07, 6.45) is 2.09. The van der Waals surface area contributed by atoms with Crippen LogP contribution in [0.25, 0.3) is 0 Å². The maximum atomic E-state index is 12.3. The lowest BCUT2D eigenvalue weighted by Crippen LogP contribution is -2.34. The van der Waals surface area contributed by atoms with E-state index in [0.717, 1.165) is 12.8 Å². The highest BCUT2D eigenvalue weighted by atomic mass is 32.2. The number of carbonyl (C=O) groups excluding carboxylic acids is 2. The lowest BCUT2D eigenvalue weighted by molar-refractivity contribution is 0.0927. The van der Waals surface area contributed by atoms with Crippen molar-refractivity contribution in [3.8, 4) is 0 Å². The molecule has 148 valence electrons. The Labute approximate surface area is 164 Å². The second kappa shape index (κ2) is 8.99. The number of sulfonamides is 1. The molecule has 0 atom stereocenters. The van der Waals surface area contributed by atoms with Gasteiger partial charge in [0.2, 0.25) is 10.0 Å². The Morgan fingerprint density at radius 3 is 2.11 bits per heavy atom. The van der Waals surface area contributed by atoms with E-state index in [1.165, 1.54) is 18.2 Å². The Morgan fingerprint density at radius 2 is 1.46 bits per heavy atom. The van der Waals surface area contributed by atoms with Gasteiger partial charge >= 0.3 is 0 Å². The average Bonchev–Trinajstić information content (AvgIpc) is 3.55. The minimum absolute atomic E-state index is 0.0678. The van der Waals surface area contributed by atoms with Crippen LogP contribution in [0.3, 0.4) is 0 Å². The lowest BCUT2D eigenvalue weighted by Gasteiger charge is -2.09. The van der Waals surface area contributed by atoms with Gasteiger partial charge < -0.3 is 10.6 Å². The molecule has 0 unspecified atom stereocenters. The molecular weight excluding hydrogens is 378 g/mol. The van der Waals surface area contributed by atoms with Gasteiger partial charge in [0, 0.05) is 30.8 Å². The topological polar surface area (TPSA) is 104 Å². The minimum atomic E-state index is -3.63. The minimum Gasteiger partial charge on any atom is -0.350 e. The summed E-state index contributed by atoms with van der Waals surface area (Å²) >= 11 is 0. The molecule has 0 spiro atoms. The van der Waals surface area contributed by atoms with Crippen molar-refractivity contribution < 1.29 is 18.0 Å². The summed E-state index contributed by atoms with van der Waals surface area (Å²) in [7, 11) is -3.63. The van der Waals surface area contributed by atoms with Crippen LogP contribution in [0.2, 0.25) is 0 Å². The highest BCUT2D eigenvalue weighted by Gasteiger charge is 2.24. The van der Waals surface area contributed by atoms with E-state index in [0.29, 0.717) is 18.0 Å². The van der Waals surface area contributed by atoms with Gasteiger partial charge in [-0.05, 0) is 49.1 Å². The predicted octanol–water partition coefficient (Wildman–Crippen LogP) is 1.53. The summed E-state index contributed by atoms with van der Waals surface area (Å²) in [6.45, 7) is 0.925. The normalized spacial score (nSPS) is 13.7. The van der Waals surface area contributed by atoms with E-state index in [-0.39, 0.29) is 29.5 Å². The van der Waals surface area contributed by atoms with Gasteiger partial charge in [-0.2, -0.15) is 0 Å². The molecule has 0 aromatic heterocycles. The van der Waals surface area contributed by atoms with Gasteiger partial charge in [0.05, 0.1) is 4.90 Å². The molecule has 2 amide bonds. The standard InChI is InChI=1S/C20H23N3O4S/c24-19(16-5-2-1-3-6-16)21-11-12-22-20(25)17-7-4-8-18(13-17)28(26,27)23-14-15-9-10-15/h1-8,13,15,23H,9-12,14H2,(H,21,24)(H,22,25). The molecule has 0 bridgehead atoms. The van der Waals surface area contributed by atoms with Crippen LogP contribution in [0.5, 0.6) is 0 Å². The quantitative estimate of drug-likeness (QED) is 0.554. The van der Waals surface area contributed by atoms with E-state index >= 15 is 0 Å². The fraction of sp³-hybridized carbons (Fsp3) is 0.300. The monoisotopic (exact) mass is 401 g/mol. The summed E-state index contributed by atoms with van der Waals surface area (Å²) in [5.74, 6) is -0.190. The first-order chi connectivity index (χ1) is 13.5. The molecule has 0 radical (unpaired) electrons. The Hall–Kier alpha value is -2.71. The Kier molecular flexibility index (Phi) is 6.43. The maximum Gasteiger partial charge on any atom is 0.251 e. The number of carbonyl (C=O) groups is 2. The molecule has 0 heterocycles. The zero-order chi connectivity index (χ0) is 20.0. The van der Waals surface area contributed by atoms with Gasteiger partial charge in [-0.25, -0.2) is 13.1 Å². The molecule has 2 aromatic rings. The van der Waals surface area contributed by atoms with Crippen molar-refractivity contribution in [2.45, 2.75) is 17.7 Å². The molecule has 0 saturated heterocycles. The van der Waals surface area contributed by atoms with Crippen molar-refractivity contribution >= 4 is 21.8 Å². The van der Waals surface area contributed by atoms with Gasteiger partial charge in [-0.15, -0.1) is 0 Å². The highest BCUT2D eigenvalue weighted by molar-refractivity contribution is 7.89. The summed E-state index contributed by atoms with van der Waals surface area (Å²) in [5, 5.41) is 5.39. The average molecular weight is 401 g/mol. The summed E-state index contributed by atoms with van der Waals surface area (Å²) < 4.78 is 27.2. The Balaban J connectivity index is 1.49. The molecule has 1 aliphatic carbocycles. The number of rotatable bonds is 9. The van der Waals surface area contributed by atoms with Gasteiger partial charge in [0.25, 0.3) is 11.8 Å². The molecule has 3 rings (SSSR count). The second-order valence-electron chi connectivity index (χ2n) is 6.70. The fourth-order valence-electron chi connectivity index (χ4n) is 2.58. The molecule has 3 N–H and O–H groups in total. The Bertz CT molecular complexity index is 941. The van der Waals surface area contributed by atoms with Gasteiger partial charge in [-0.3, -0.25) is 9.59 Å². The Morgan fingerprint density at radius 1 is 0.857 bits per heavy atom. The van der Waals surface area contributed by atoms with Gasteiger partial charge in [0.15, 0.2) is 0 Å². The van der Waals surface area contributed by atoms with Crippen molar-refractivity contribution in [1.29, 1.82) is 0 Å². The number of amides is 2. The molecule has 28 heavy (non-hydrogen) atoms. The van der Waals surface area contributed by atoms with Crippen molar-refractivity contribution in [2.24, 2.45) is 5.92 Å². The molecular formula is C20H23N3O4S. The van der Waals surface area contributed by atoms with Crippen LogP contribution in [0.4, 0.5) is 0 Å². The number of hydrogen-bond donors (Lipinski definition) is 3. The number of benzene rings is 2. The van der Waals surface area contributed by atoms with Crippen LogP contribution in [-0.4, -0.2) is 39.9 Å². The molecule has 8 heteroatoms. The smallest absolute Gasteiger partial charge is 0.251 e. The van der Waals surface area contributed by atoms with Crippen molar-refractivity contribution in [2.75, 3.05) is 19.6 Å². The summed E-state index contributed by atoms with van der Waals surface area (Å²) in [6, 6.07) is 14.7. The zero-order valence-electron chi connectivity index (χ0n) is 15.4. The van der Waals surface area contributed by atoms with E-state index < -0.39 is 15.9 Å². The fourth-order valence-corrected chi connectivity index (χ4v) is 3.74. The zero-order valence-corrected chi connectivity index (χ0v) is 16.2. The number of hydrogen-bond acceptors (Lipinski definition) is 4. The third-order valence-electron chi connectivity index (χ3n) is 4.40. The van der Waals surface area contributed by atoms with Crippen LogP contribution >= 0.6 is 0 Å². The van der Waals surface area contributed by atoms with Crippen molar-refractivity contribution in [3.63, 3.8) is 0 Å². The van der Waals surface area contributed by atoms with E-state index in [1.54, 1.807) is 30.3 Å². The van der Waals surface area contributed by atoms with E-state index in [9.17, 15) is 18.0 Å². The van der Waals surface area contributed by atoms with Crippen LogP contribution < -0.4 is 15.4 Å². The first kappa shape index (κ1) is 20.0. The van der Waals surface area contributed by atoms with E-state index in [1.807, 2.05) is 6.07 Å². The van der Waals surface area contributed by atoms with Crippen LogP contribution in [-0.2, 0) is 10.0 Å². The largest absolute Gasteiger partial charge is 0.350 e. The van der Waals surface area contributed by atoms with Gasteiger partial charge in [0.1, 0.15) is 0 Å². The molecule has 0 aliphatic heterocycles. The highest BCUT2D eigenvalue weighted by Crippen LogP contribution is 2.28. The van der Waals surface area contributed by atoms with E-state index in [4.69, 9.17) is 0 Å². The first-order valence-corrected chi connectivity index (χ1v) is 10.7. The van der Waals surface area contributed by atoms with Crippen LogP contribution in [0.15, 0.2) is 59.5 Å². The predicted molar refractivity (Wildman–Crippen MR) is 105 cm³/mol. The lowest BCUT2D eigenvalue weighted by atomic mass is 10.2. The van der Waals surface area contributed by atoms with Crippen LogP contribution in [0, 0.1) is 5.92 Å². The molecule has 1 aliphatic rings. The second-order valence-corrected chi connectivity index (χ2v) is 8.47. The maximum absolute atomic E-state index is 12.3. The van der Waals surface area contributed by atoms with Crippen molar-refractivity contribution in [1.82, 2.24) is 15.4 Å². The first-order valence-electron chi connectivity index (χ1n) is 9.17. The summed E-state index contributed by atoms with van der Waals surface area (Å²) in [4.78, 5) is 24.3. The molecule has 1 fully saturated rings.